The van der Waals surface area contributed by atoms with Crippen molar-refractivity contribution in [2.45, 2.75) is 31.2 Å². The molecule has 7 heteroatoms. The number of hydrogen-bond acceptors (Lipinski definition) is 3. The lowest BCUT2D eigenvalue weighted by atomic mass is 9.97. The second kappa shape index (κ2) is 6.57. The monoisotopic (exact) mass is 339 g/mol. The van der Waals surface area contributed by atoms with Gasteiger partial charge in [-0.1, -0.05) is 18.2 Å². The number of benzene rings is 1. The summed E-state index contributed by atoms with van der Waals surface area (Å²) < 4.78 is 41.6. The Bertz CT molecular complexity index is 698. The van der Waals surface area contributed by atoms with Crippen LogP contribution in [0.5, 0.6) is 0 Å². The van der Waals surface area contributed by atoms with Crippen LogP contribution in [0.4, 0.5) is 13.2 Å². The van der Waals surface area contributed by atoms with Crippen molar-refractivity contribution in [2.75, 3.05) is 13.1 Å². The van der Waals surface area contributed by atoms with Crippen LogP contribution in [0.25, 0.3) is 0 Å². The number of halogens is 3. The molecule has 0 radical (unpaired) electrons. The predicted molar refractivity (Wildman–Crippen MR) is 83.3 cm³/mol. The van der Waals surface area contributed by atoms with Gasteiger partial charge in [0.25, 0.3) is 0 Å². The van der Waals surface area contributed by atoms with Crippen LogP contribution >= 0.6 is 0 Å². The van der Waals surface area contributed by atoms with Crippen LogP contribution in [0.1, 0.15) is 29.3 Å². The topological polar surface area (TPSA) is 41.3 Å². The smallest absolute Gasteiger partial charge is 0.392 e. The van der Waals surface area contributed by atoms with Gasteiger partial charge in [-0.05, 0) is 24.1 Å². The Morgan fingerprint density at radius 3 is 2.67 bits per heavy atom. The highest BCUT2D eigenvalue weighted by molar-refractivity contribution is 5.33. The summed E-state index contributed by atoms with van der Waals surface area (Å²) in [4.78, 5) is 1.93. The minimum absolute atomic E-state index is 0.242. The quantitative estimate of drug-likeness (QED) is 0.931. The molecular formula is C17H20F3N3O. The summed E-state index contributed by atoms with van der Waals surface area (Å²) in [5.74, 6) is 0. The van der Waals surface area contributed by atoms with Crippen LogP contribution in [0, 0.1) is 0 Å². The van der Waals surface area contributed by atoms with Crippen molar-refractivity contribution >= 4 is 0 Å². The molecule has 2 atom stereocenters. The molecule has 2 aromatic rings. The summed E-state index contributed by atoms with van der Waals surface area (Å²) in [6, 6.07) is 7.12. The highest BCUT2D eigenvalue weighted by Crippen LogP contribution is 2.40. The lowest BCUT2D eigenvalue weighted by Crippen LogP contribution is -2.28. The van der Waals surface area contributed by atoms with Crippen LogP contribution in [0.2, 0.25) is 0 Å². The highest BCUT2D eigenvalue weighted by atomic mass is 19.4. The fourth-order valence-corrected chi connectivity index (χ4v) is 3.40. The third kappa shape index (κ3) is 3.47. The van der Waals surface area contributed by atoms with E-state index in [-0.39, 0.29) is 5.56 Å². The van der Waals surface area contributed by atoms with Crippen molar-refractivity contribution in [3.8, 4) is 0 Å². The first-order valence-electron chi connectivity index (χ1n) is 7.91. The maximum atomic E-state index is 13.3. The van der Waals surface area contributed by atoms with Crippen LogP contribution < -0.4 is 0 Å². The fraction of sp³-hybridized carbons (Fsp3) is 0.471. The first kappa shape index (κ1) is 17.0. The fourth-order valence-electron chi connectivity index (χ4n) is 3.40. The number of rotatable bonds is 4. The normalized spacial score (nSPS) is 22.2. The van der Waals surface area contributed by atoms with Crippen LogP contribution in [0.3, 0.4) is 0 Å². The minimum Gasteiger partial charge on any atom is -0.392 e. The molecule has 0 saturated carbocycles. The van der Waals surface area contributed by atoms with Crippen LogP contribution in [-0.2, 0) is 19.6 Å². The number of nitrogens with zero attached hydrogens (tertiary/aromatic N) is 3. The molecular weight excluding hydrogens is 319 g/mol. The zero-order valence-electron chi connectivity index (χ0n) is 13.4. The van der Waals surface area contributed by atoms with Gasteiger partial charge in [0.2, 0.25) is 0 Å². The molecule has 3 rings (SSSR count). The molecule has 0 bridgehead atoms. The average molecular weight is 339 g/mol. The Morgan fingerprint density at radius 2 is 2.00 bits per heavy atom. The maximum absolute atomic E-state index is 13.3. The van der Waals surface area contributed by atoms with Gasteiger partial charge in [0.15, 0.2) is 0 Å². The van der Waals surface area contributed by atoms with Gasteiger partial charge in [-0.15, -0.1) is 0 Å². The summed E-state index contributed by atoms with van der Waals surface area (Å²) in [7, 11) is 1.84. The summed E-state index contributed by atoms with van der Waals surface area (Å²) >= 11 is 0. The Kier molecular flexibility index (Phi) is 4.64. The zero-order valence-corrected chi connectivity index (χ0v) is 13.4. The molecule has 1 N–H and O–H groups in total. The van der Waals surface area contributed by atoms with Gasteiger partial charge >= 0.3 is 6.18 Å². The van der Waals surface area contributed by atoms with Gasteiger partial charge in [-0.25, -0.2) is 0 Å². The van der Waals surface area contributed by atoms with E-state index in [9.17, 15) is 18.3 Å². The summed E-state index contributed by atoms with van der Waals surface area (Å²) in [5.41, 5.74) is 0.639. The van der Waals surface area contributed by atoms with Crippen molar-refractivity contribution < 1.29 is 18.3 Å². The molecule has 0 spiro atoms. The van der Waals surface area contributed by atoms with Crippen molar-refractivity contribution in [3.63, 3.8) is 0 Å². The SMILES string of the molecule is Cn1nccc1CCN1CC(O)CC1c1ccccc1C(F)(F)F. The molecule has 1 aromatic carbocycles. The second-order valence-electron chi connectivity index (χ2n) is 6.18. The Hall–Kier alpha value is -1.86. The third-order valence-corrected chi connectivity index (χ3v) is 4.58. The molecule has 2 heterocycles. The predicted octanol–water partition coefficient (Wildman–Crippen LogP) is 2.79. The number of aliphatic hydroxyl groups is 1. The molecule has 1 aliphatic rings. The summed E-state index contributed by atoms with van der Waals surface area (Å²) in [6.07, 6.45) is -2.31. The standard InChI is InChI=1S/C17H20F3N3O/c1-22-12(6-8-21-22)7-9-23-11-13(24)10-16(23)14-4-2-3-5-15(14)17(18,19)20/h2-6,8,13,16,24H,7,9-11H2,1H3. The van der Waals surface area contributed by atoms with Crippen molar-refractivity contribution in [2.24, 2.45) is 7.05 Å². The van der Waals surface area contributed by atoms with Gasteiger partial charge < -0.3 is 5.11 Å². The first-order chi connectivity index (χ1) is 11.4. The largest absolute Gasteiger partial charge is 0.416 e. The van der Waals surface area contributed by atoms with Crippen LogP contribution in [0.15, 0.2) is 36.5 Å². The van der Waals surface area contributed by atoms with Crippen LogP contribution in [-0.4, -0.2) is 39.0 Å². The van der Waals surface area contributed by atoms with Crippen molar-refractivity contribution in [3.05, 3.63) is 53.3 Å². The molecule has 130 valence electrons. The van der Waals surface area contributed by atoms with E-state index in [0.717, 1.165) is 11.8 Å². The number of aromatic nitrogens is 2. The van der Waals surface area contributed by atoms with E-state index in [4.69, 9.17) is 0 Å². The molecule has 1 aromatic heterocycles. The van der Waals surface area contributed by atoms with E-state index in [2.05, 4.69) is 5.10 Å². The van der Waals surface area contributed by atoms with Crippen molar-refractivity contribution in [1.29, 1.82) is 0 Å². The van der Waals surface area contributed by atoms with Gasteiger partial charge in [0.1, 0.15) is 0 Å². The Balaban J connectivity index is 1.82. The van der Waals surface area contributed by atoms with Crippen molar-refractivity contribution in [1.82, 2.24) is 14.7 Å². The second-order valence-corrected chi connectivity index (χ2v) is 6.18. The van der Waals surface area contributed by atoms with Gasteiger partial charge in [-0.3, -0.25) is 9.58 Å². The molecule has 1 fully saturated rings. The number of β-amino-alcohol motifs (C(OH)–C–C–N with tert-alkyl or cyclic N) is 1. The van der Waals surface area contributed by atoms with E-state index < -0.39 is 23.9 Å². The summed E-state index contributed by atoms with van der Waals surface area (Å²) in [6.45, 7) is 0.960. The molecule has 1 saturated heterocycles. The lowest BCUT2D eigenvalue weighted by molar-refractivity contribution is -0.138. The molecule has 2 unspecified atom stereocenters. The van der Waals surface area contributed by atoms with E-state index in [0.29, 0.717) is 25.9 Å². The van der Waals surface area contributed by atoms with Gasteiger partial charge in [-0.2, -0.15) is 18.3 Å². The van der Waals surface area contributed by atoms with Gasteiger partial charge in [0, 0.05) is 44.5 Å². The first-order valence-corrected chi connectivity index (χ1v) is 7.91. The molecule has 24 heavy (non-hydrogen) atoms. The number of aliphatic hydroxyl groups excluding tert-OH is 1. The van der Waals surface area contributed by atoms with E-state index in [1.165, 1.54) is 12.1 Å². The molecule has 4 nitrogen and oxygen atoms in total. The average Bonchev–Trinajstić information content (AvgIpc) is 3.10. The third-order valence-electron chi connectivity index (χ3n) is 4.58. The Labute approximate surface area is 138 Å². The van der Waals surface area contributed by atoms with E-state index in [1.54, 1.807) is 16.9 Å². The molecule has 0 amide bonds. The number of hydrogen-bond donors (Lipinski definition) is 1. The van der Waals surface area contributed by atoms with Gasteiger partial charge in [0.05, 0.1) is 11.7 Å². The Morgan fingerprint density at radius 1 is 1.25 bits per heavy atom. The number of alkyl halides is 3. The lowest BCUT2D eigenvalue weighted by Gasteiger charge is -2.26. The number of aryl methyl sites for hydroxylation is 1. The maximum Gasteiger partial charge on any atom is 0.416 e. The zero-order chi connectivity index (χ0) is 17.3. The van der Waals surface area contributed by atoms with E-state index in [1.807, 2.05) is 18.0 Å². The summed E-state index contributed by atoms with van der Waals surface area (Å²) in [5, 5.41) is 14.1. The molecule has 1 aliphatic heterocycles. The van der Waals surface area contributed by atoms with E-state index >= 15 is 0 Å². The molecule has 0 aliphatic carbocycles. The minimum atomic E-state index is -4.39. The highest BCUT2D eigenvalue weighted by Gasteiger charge is 2.39. The number of likely N-dealkylation sites (tertiary alicyclic amines) is 1.